The molecule has 6 heteroatoms. The Bertz CT molecular complexity index is 721. The van der Waals surface area contributed by atoms with Crippen LogP contribution >= 0.6 is 0 Å². The summed E-state index contributed by atoms with van der Waals surface area (Å²) in [6, 6.07) is 7.13. The fourth-order valence-electron chi connectivity index (χ4n) is 2.55. The van der Waals surface area contributed by atoms with E-state index in [2.05, 4.69) is 10.6 Å². The van der Waals surface area contributed by atoms with Gasteiger partial charge in [0.2, 0.25) is 11.8 Å². The van der Waals surface area contributed by atoms with Gasteiger partial charge in [-0.1, -0.05) is 32.0 Å². The molecule has 2 aromatic rings. The molecule has 0 radical (unpaired) electrons. The van der Waals surface area contributed by atoms with Gasteiger partial charge in [0.25, 0.3) is 0 Å². The first-order valence-electron chi connectivity index (χ1n) is 7.97. The summed E-state index contributed by atoms with van der Waals surface area (Å²) in [6.45, 7) is 5.93. The van der Waals surface area contributed by atoms with Crippen LogP contribution in [0.4, 0.5) is 0 Å². The van der Waals surface area contributed by atoms with Gasteiger partial charge in [-0.15, -0.1) is 0 Å². The molecule has 0 aliphatic rings. The van der Waals surface area contributed by atoms with Crippen LogP contribution in [-0.4, -0.2) is 31.6 Å². The summed E-state index contributed by atoms with van der Waals surface area (Å²) >= 11 is 0. The van der Waals surface area contributed by atoms with Crippen LogP contribution in [0.3, 0.4) is 0 Å². The van der Waals surface area contributed by atoms with Gasteiger partial charge in [0.15, 0.2) is 0 Å². The maximum Gasteiger partial charge on any atom is 0.246 e. The van der Waals surface area contributed by atoms with Gasteiger partial charge in [0.05, 0.1) is 6.54 Å². The summed E-state index contributed by atoms with van der Waals surface area (Å²) in [4.78, 5) is 24.1. The Hall–Kier alpha value is -2.34. The number of rotatable bonds is 7. The van der Waals surface area contributed by atoms with Gasteiger partial charge in [-0.2, -0.15) is 0 Å². The first-order valence-corrected chi connectivity index (χ1v) is 7.97. The molecule has 130 valence electrons. The number of methoxy groups -OCH3 is 1. The topological polar surface area (TPSA) is 80.6 Å². The number of para-hydroxylation sites is 1. The van der Waals surface area contributed by atoms with Crippen molar-refractivity contribution in [1.82, 2.24) is 10.6 Å². The molecule has 6 nitrogen and oxygen atoms in total. The number of furan rings is 1. The van der Waals surface area contributed by atoms with E-state index in [9.17, 15) is 9.59 Å². The predicted molar refractivity (Wildman–Crippen MR) is 91.4 cm³/mol. The summed E-state index contributed by atoms with van der Waals surface area (Å²) in [5.41, 5.74) is 1.81. The number of benzene rings is 1. The number of fused-ring (bicyclic) bond motifs is 1. The molecule has 1 aromatic heterocycles. The van der Waals surface area contributed by atoms with Crippen LogP contribution in [0.25, 0.3) is 11.0 Å². The Balaban J connectivity index is 2.03. The molecule has 0 aliphatic carbocycles. The second kappa shape index (κ2) is 7.97. The molecule has 2 N–H and O–H groups in total. The molecule has 0 spiro atoms. The molecule has 1 atom stereocenters. The van der Waals surface area contributed by atoms with Gasteiger partial charge in [-0.05, 0) is 18.9 Å². The number of hydrogen-bond donors (Lipinski definition) is 2. The van der Waals surface area contributed by atoms with Crippen LogP contribution in [-0.2, 0) is 20.9 Å². The van der Waals surface area contributed by atoms with Gasteiger partial charge in [0.1, 0.15) is 24.0 Å². The Morgan fingerprint density at radius 1 is 1.25 bits per heavy atom. The van der Waals surface area contributed by atoms with Gasteiger partial charge >= 0.3 is 0 Å². The number of nitrogens with one attached hydrogen (secondary N) is 2. The van der Waals surface area contributed by atoms with E-state index in [4.69, 9.17) is 9.15 Å². The zero-order chi connectivity index (χ0) is 17.7. The fourth-order valence-corrected chi connectivity index (χ4v) is 2.55. The predicted octanol–water partition coefficient (Wildman–Crippen LogP) is 2.14. The summed E-state index contributed by atoms with van der Waals surface area (Å²) in [5, 5.41) is 6.57. The van der Waals surface area contributed by atoms with Gasteiger partial charge in [0, 0.05) is 18.1 Å². The van der Waals surface area contributed by atoms with Crippen molar-refractivity contribution in [2.75, 3.05) is 13.7 Å². The highest BCUT2D eigenvalue weighted by molar-refractivity contribution is 5.88. The minimum Gasteiger partial charge on any atom is -0.459 e. The minimum atomic E-state index is -0.614. The number of ether oxygens (including phenoxy) is 1. The third-order valence-corrected chi connectivity index (χ3v) is 3.91. The molecule has 1 heterocycles. The van der Waals surface area contributed by atoms with Crippen molar-refractivity contribution >= 4 is 22.8 Å². The lowest BCUT2D eigenvalue weighted by Gasteiger charge is -2.21. The molecule has 2 rings (SSSR count). The van der Waals surface area contributed by atoms with Crippen LogP contribution in [0.1, 0.15) is 25.2 Å². The molecule has 1 aromatic carbocycles. The SMILES string of the molecule is COCC(=O)N[C@H](C(=O)NCc1oc2ccccc2c1C)C(C)C. The van der Waals surface area contributed by atoms with Gasteiger partial charge in [-0.3, -0.25) is 9.59 Å². The van der Waals surface area contributed by atoms with E-state index >= 15 is 0 Å². The lowest BCUT2D eigenvalue weighted by Crippen LogP contribution is -2.50. The van der Waals surface area contributed by atoms with Crippen LogP contribution in [0.15, 0.2) is 28.7 Å². The van der Waals surface area contributed by atoms with E-state index in [1.54, 1.807) is 0 Å². The second-order valence-electron chi connectivity index (χ2n) is 6.09. The van der Waals surface area contributed by atoms with Crippen LogP contribution < -0.4 is 10.6 Å². The maximum atomic E-state index is 12.4. The minimum absolute atomic E-state index is 0.0393. The van der Waals surface area contributed by atoms with Crippen molar-refractivity contribution in [2.24, 2.45) is 5.92 Å². The van der Waals surface area contributed by atoms with Crippen LogP contribution in [0.5, 0.6) is 0 Å². The molecule has 0 bridgehead atoms. The van der Waals surface area contributed by atoms with Crippen molar-refractivity contribution in [3.8, 4) is 0 Å². The third kappa shape index (κ3) is 4.14. The first-order chi connectivity index (χ1) is 11.4. The highest BCUT2D eigenvalue weighted by Crippen LogP contribution is 2.24. The Morgan fingerprint density at radius 3 is 2.58 bits per heavy atom. The number of carbonyl (C=O) groups excluding carboxylic acids is 2. The quantitative estimate of drug-likeness (QED) is 0.814. The van der Waals surface area contributed by atoms with Gasteiger partial charge in [-0.25, -0.2) is 0 Å². The van der Waals surface area contributed by atoms with E-state index in [1.165, 1.54) is 7.11 Å². The average molecular weight is 332 g/mol. The zero-order valence-electron chi connectivity index (χ0n) is 14.5. The van der Waals surface area contributed by atoms with Gasteiger partial charge < -0.3 is 19.8 Å². The Labute approximate surface area is 141 Å². The number of hydrogen-bond acceptors (Lipinski definition) is 4. The first kappa shape index (κ1) is 18.0. The molecule has 0 unspecified atom stereocenters. The van der Waals surface area contributed by atoms with E-state index in [-0.39, 0.29) is 30.9 Å². The molecular formula is C18H24N2O4. The van der Waals surface area contributed by atoms with E-state index in [0.29, 0.717) is 0 Å². The van der Waals surface area contributed by atoms with Crippen molar-refractivity contribution < 1.29 is 18.7 Å². The number of amides is 2. The molecule has 2 amide bonds. The third-order valence-electron chi connectivity index (χ3n) is 3.91. The average Bonchev–Trinajstić information content (AvgIpc) is 2.87. The van der Waals surface area contributed by atoms with E-state index < -0.39 is 6.04 Å². The summed E-state index contributed by atoms with van der Waals surface area (Å²) in [6.07, 6.45) is 0. The largest absolute Gasteiger partial charge is 0.459 e. The Kier molecular flexibility index (Phi) is 5.98. The molecule has 0 fully saturated rings. The lowest BCUT2D eigenvalue weighted by atomic mass is 10.0. The van der Waals surface area contributed by atoms with E-state index in [1.807, 2.05) is 45.0 Å². The Morgan fingerprint density at radius 2 is 1.96 bits per heavy atom. The standard InChI is InChI=1S/C18H24N2O4/c1-11(2)17(20-16(21)10-23-4)18(22)19-9-15-12(3)13-7-5-6-8-14(13)24-15/h5-8,11,17H,9-10H2,1-4H3,(H,19,22)(H,20,21)/t17-/m0/s1. The van der Waals surface area contributed by atoms with Crippen molar-refractivity contribution in [3.63, 3.8) is 0 Å². The lowest BCUT2D eigenvalue weighted by molar-refractivity contribution is -0.132. The highest BCUT2D eigenvalue weighted by atomic mass is 16.5. The molecule has 0 saturated heterocycles. The molecule has 0 saturated carbocycles. The number of carbonyl (C=O) groups is 2. The van der Waals surface area contributed by atoms with E-state index in [0.717, 1.165) is 22.3 Å². The van der Waals surface area contributed by atoms with Crippen molar-refractivity contribution in [1.29, 1.82) is 0 Å². The summed E-state index contributed by atoms with van der Waals surface area (Å²) in [7, 11) is 1.44. The normalized spacial score (nSPS) is 12.4. The second-order valence-corrected chi connectivity index (χ2v) is 6.09. The van der Waals surface area contributed by atoms with Crippen LogP contribution in [0, 0.1) is 12.8 Å². The summed E-state index contributed by atoms with van der Waals surface area (Å²) in [5.74, 6) is 0.124. The molecule has 24 heavy (non-hydrogen) atoms. The molecular weight excluding hydrogens is 308 g/mol. The monoisotopic (exact) mass is 332 g/mol. The van der Waals surface area contributed by atoms with Crippen molar-refractivity contribution in [2.45, 2.75) is 33.4 Å². The maximum absolute atomic E-state index is 12.4. The van der Waals surface area contributed by atoms with Crippen molar-refractivity contribution in [3.05, 3.63) is 35.6 Å². The summed E-state index contributed by atoms with van der Waals surface area (Å²) < 4.78 is 10.6. The fraction of sp³-hybridized carbons (Fsp3) is 0.444. The van der Waals surface area contributed by atoms with Crippen LogP contribution in [0.2, 0.25) is 0 Å². The molecule has 0 aliphatic heterocycles. The highest BCUT2D eigenvalue weighted by Gasteiger charge is 2.24. The smallest absolute Gasteiger partial charge is 0.246 e. The zero-order valence-corrected chi connectivity index (χ0v) is 14.5. The number of aryl methyl sites for hydroxylation is 1.